The second kappa shape index (κ2) is 4.77. The monoisotopic (exact) mass is 227 g/mol. The largest absolute Gasteiger partial charge is 0.245 e. The molecule has 0 aliphatic carbocycles. The summed E-state index contributed by atoms with van der Waals surface area (Å²) in [4.78, 5) is 9.24. The lowest BCUT2D eigenvalue weighted by molar-refractivity contribution is 1.02. The highest BCUT2D eigenvalue weighted by Crippen LogP contribution is 2.29. The van der Waals surface area contributed by atoms with Crippen LogP contribution in [0.1, 0.15) is 11.3 Å². The number of aryl methyl sites for hydroxylation is 1. The zero-order chi connectivity index (χ0) is 11.4. The summed E-state index contributed by atoms with van der Waals surface area (Å²) in [5.41, 5.74) is 1.54. The van der Waals surface area contributed by atoms with Crippen molar-refractivity contribution in [3.05, 3.63) is 47.9 Å². The Morgan fingerprint density at radius 2 is 1.94 bits per heavy atom. The molecular formula is C12H9N3S. The lowest BCUT2D eigenvalue weighted by Gasteiger charge is -2.04. The molecule has 0 spiro atoms. The SMILES string of the molecule is Cc1ccccc1Sc1nccnc1C#N. The summed E-state index contributed by atoms with van der Waals surface area (Å²) < 4.78 is 0. The molecule has 0 fully saturated rings. The third-order valence-corrected chi connectivity index (χ3v) is 3.24. The summed E-state index contributed by atoms with van der Waals surface area (Å²) in [7, 11) is 0. The molecule has 0 aliphatic rings. The van der Waals surface area contributed by atoms with E-state index in [1.54, 1.807) is 6.20 Å². The van der Waals surface area contributed by atoms with Crippen LogP contribution in [0, 0.1) is 18.3 Å². The van der Waals surface area contributed by atoms with Crippen LogP contribution in [-0.2, 0) is 0 Å². The highest BCUT2D eigenvalue weighted by molar-refractivity contribution is 7.99. The van der Waals surface area contributed by atoms with Crippen LogP contribution < -0.4 is 0 Å². The van der Waals surface area contributed by atoms with E-state index in [9.17, 15) is 0 Å². The molecule has 0 saturated carbocycles. The smallest absolute Gasteiger partial charge is 0.173 e. The predicted octanol–water partition coefficient (Wildman–Crippen LogP) is 2.81. The molecular weight excluding hydrogens is 218 g/mol. The molecule has 2 rings (SSSR count). The number of hydrogen-bond donors (Lipinski definition) is 0. The lowest BCUT2D eigenvalue weighted by Crippen LogP contribution is -1.90. The van der Waals surface area contributed by atoms with Crippen molar-refractivity contribution in [2.45, 2.75) is 16.8 Å². The maximum atomic E-state index is 8.90. The zero-order valence-corrected chi connectivity index (χ0v) is 9.53. The Balaban J connectivity index is 2.35. The molecule has 0 bridgehead atoms. The van der Waals surface area contributed by atoms with Gasteiger partial charge < -0.3 is 0 Å². The Kier molecular flexibility index (Phi) is 3.18. The summed E-state index contributed by atoms with van der Waals surface area (Å²) in [6.07, 6.45) is 3.13. The average Bonchev–Trinajstić information content (AvgIpc) is 2.33. The summed E-state index contributed by atoms with van der Waals surface area (Å²) in [6.45, 7) is 2.03. The summed E-state index contributed by atoms with van der Waals surface area (Å²) in [5, 5.41) is 9.55. The van der Waals surface area contributed by atoms with Crippen molar-refractivity contribution < 1.29 is 0 Å². The first-order chi connectivity index (χ1) is 7.81. The molecule has 0 unspecified atom stereocenters. The Bertz CT molecular complexity index is 546. The molecule has 0 atom stereocenters. The minimum atomic E-state index is 0.371. The normalized spacial score (nSPS) is 9.75. The predicted molar refractivity (Wildman–Crippen MR) is 62.0 cm³/mol. The second-order valence-electron chi connectivity index (χ2n) is 3.19. The van der Waals surface area contributed by atoms with Crippen molar-refractivity contribution in [1.29, 1.82) is 5.26 Å². The lowest BCUT2D eigenvalue weighted by atomic mass is 10.2. The van der Waals surface area contributed by atoms with Crippen LogP contribution in [-0.4, -0.2) is 9.97 Å². The van der Waals surface area contributed by atoms with Gasteiger partial charge in [0, 0.05) is 17.3 Å². The van der Waals surface area contributed by atoms with Crippen molar-refractivity contribution in [2.75, 3.05) is 0 Å². The van der Waals surface area contributed by atoms with Crippen LogP contribution in [0.5, 0.6) is 0 Å². The van der Waals surface area contributed by atoms with Gasteiger partial charge in [0.25, 0.3) is 0 Å². The van der Waals surface area contributed by atoms with Gasteiger partial charge in [-0.15, -0.1) is 0 Å². The van der Waals surface area contributed by atoms with Crippen LogP contribution in [0.4, 0.5) is 0 Å². The molecule has 1 aromatic heterocycles. The van der Waals surface area contributed by atoms with E-state index < -0.39 is 0 Å². The number of rotatable bonds is 2. The quantitative estimate of drug-likeness (QED) is 0.791. The molecule has 16 heavy (non-hydrogen) atoms. The van der Waals surface area contributed by atoms with E-state index in [0.29, 0.717) is 10.7 Å². The van der Waals surface area contributed by atoms with Crippen molar-refractivity contribution >= 4 is 11.8 Å². The van der Waals surface area contributed by atoms with E-state index >= 15 is 0 Å². The number of nitriles is 1. The summed E-state index contributed by atoms with van der Waals surface area (Å²) in [6, 6.07) is 10.0. The maximum Gasteiger partial charge on any atom is 0.173 e. The van der Waals surface area contributed by atoms with E-state index in [2.05, 4.69) is 9.97 Å². The van der Waals surface area contributed by atoms with Crippen LogP contribution in [0.25, 0.3) is 0 Å². The first-order valence-corrected chi connectivity index (χ1v) is 5.57. The topological polar surface area (TPSA) is 49.6 Å². The molecule has 1 aromatic carbocycles. The van der Waals surface area contributed by atoms with Gasteiger partial charge >= 0.3 is 0 Å². The fourth-order valence-electron chi connectivity index (χ4n) is 1.25. The fourth-order valence-corrected chi connectivity index (χ4v) is 2.14. The number of benzene rings is 1. The Hall–Kier alpha value is -1.86. The molecule has 0 aliphatic heterocycles. The molecule has 0 amide bonds. The first-order valence-electron chi connectivity index (χ1n) is 4.76. The zero-order valence-electron chi connectivity index (χ0n) is 8.71. The molecule has 0 N–H and O–H groups in total. The minimum absolute atomic E-state index is 0.371. The minimum Gasteiger partial charge on any atom is -0.245 e. The Morgan fingerprint density at radius 3 is 2.69 bits per heavy atom. The van der Waals surface area contributed by atoms with Gasteiger partial charge in [-0.05, 0) is 18.6 Å². The van der Waals surface area contributed by atoms with E-state index in [1.165, 1.54) is 23.5 Å². The van der Waals surface area contributed by atoms with Gasteiger partial charge in [0.1, 0.15) is 11.1 Å². The van der Waals surface area contributed by atoms with Crippen molar-refractivity contribution in [3.8, 4) is 6.07 Å². The van der Waals surface area contributed by atoms with Crippen molar-refractivity contribution in [1.82, 2.24) is 9.97 Å². The standard InChI is InChI=1S/C12H9N3S/c1-9-4-2-3-5-11(9)16-12-10(8-13)14-6-7-15-12/h2-7H,1H3. The van der Waals surface area contributed by atoms with Gasteiger partial charge in [0.2, 0.25) is 0 Å². The van der Waals surface area contributed by atoms with Crippen molar-refractivity contribution in [3.63, 3.8) is 0 Å². The van der Waals surface area contributed by atoms with E-state index in [-0.39, 0.29) is 0 Å². The summed E-state index contributed by atoms with van der Waals surface area (Å²) >= 11 is 1.47. The highest BCUT2D eigenvalue weighted by Gasteiger charge is 2.07. The van der Waals surface area contributed by atoms with E-state index in [0.717, 1.165) is 4.90 Å². The second-order valence-corrected chi connectivity index (χ2v) is 4.22. The van der Waals surface area contributed by atoms with Crippen LogP contribution in [0.3, 0.4) is 0 Å². The fraction of sp³-hybridized carbons (Fsp3) is 0.0833. The Morgan fingerprint density at radius 1 is 1.19 bits per heavy atom. The highest BCUT2D eigenvalue weighted by atomic mass is 32.2. The van der Waals surface area contributed by atoms with Gasteiger partial charge in [-0.2, -0.15) is 5.26 Å². The average molecular weight is 227 g/mol. The number of aromatic nitrogens is 2. The van der Waals surface area contributed by atoms with Crippen LogP contribution >= 0.6 is 11.8 Å². The molecule has 0 radical (unpaired) electrons. The first kappa shape index (κ1) is 10.7. The molecule has 4 heteroatoms. The van der Waals surface area contributed by atoms with E-state index in [4.69, 9.17) is 5.26 Å². The molecule has 0 saturated heterocycles. The van der Waals surface area contributed by atoms with Gasteiger partial charge in [0.05, 0.1) is 0 Å². The van der Waals surface area contributed by atoms with Crippen LogP contribution in [0.2, 0.25) is 0 Å². The third kappa shape index (κ3) is 2.20. The van der Waals surface area contributed by atoms with Crippen molar-refractivity contribution in [2.24, 2.45) is 0 Å². The van der Waals surface area contributed by atoms with Gasteiger partial charge in [-0.3, -0.25) is 0 Å². The maximum absolute atomic E-state index is 8.90. The Labute approximate surface area is 98.2 Å². The van der Waals surface area contributed by atoms with Gasteiger partial charge in [-0.25, -0.2) is 9.97 Å². The van der Waals surface area contributed by atoms with Crippen LogP contribution in [0.15, 0.2) is 46.6 Å². The number of hydrogen-bond acceptors (Lipinski definition) is 4. The molecule has 1 heterocycles. The van der Waals surface area contributed by atoms with Gasteiger partial charge in [-0.1, -0.05) is 30.0 Å². The number of nitrogens with zero attached hydrogens (tertiary/aromatic N) is 3. The van der Waals surface area contributed by atoms with E-state index in [1.807, 2.05) is 37.3 Å². The third-order valence-electron chi connectivity index (χ3n) is 2.07. The van der Waals surface area contributed by atoms with Gasteiger partial charge in [0.15, 0.2) is 5.69 Å². The molecule has 78 valence electrons. The summed E-state index contributed by atoms with van der Waals surface area (Å²) in [5.74, 6) is 0. The molecule has 3 nitrogen and oxygen atoms in total. The molecule has 2 aromatic rings.